The highest BCUT2D eigenvalue weighted by atomic mass is 16.5. The smallest absolute Gasteiger partial charge is 0.255 e. The van der Waals surface area contributed by atoms with Crippen LogP contribution in [0, 0.1) is 18.3 Å². The molecule has 0 bridgehead atoms. The zero-order valence-electron chi connectivity index (χ0n) is 22.3. The Hall–Kier alpha value is -3.90. The number of hydrogen-bond acceptors (Lipinski definition) is 8. The van der Waals surface area contributed by atoms with Gasteiger partial charge in [0.1, 0.15) is 0 Å². The van der Waals surface area contributed by atoms with Crippen LogP contribution in [0.15, 0.2) is 24.4 Å². The normalized spacial score (nSPS) is 18.5. The van der Waals surface area contributed by atoms with E-state index in [4.69, 9.17) is 14.7 Å². The van der Waals surface area contributed by atoms with E-state index in [1.807, 2.05) is 13.0 Å². The topological polar surface area (TPSA) is 123 Å². The number of rotatable bonds is 6. The van der Waals surface area contributed by atoms with E-state index in [2.05, 4.69) is 28.5 Å². The van der Waals surface area contributed by atoms with Gasteiger partial charge in [0.05, 0.1) is 47.2 Å². The largest absolute Gasteiger partial charge is 0.504 e. The number of nitriles is 1. The molecular formula is C29H34N6O3. The third-order valence-corrected chi connectivity index (χ3v) is 7.48. The number of carbonyl (C=O) groups excluding carboxylic acids is 1. The van der Waals surface area contributed by atoms with Crippen LogP contribution in [-0.4, -0.2) is 53.8 Å². The summed E-state index contributed by atoms with van der Waals surface area (Å²) in [5.74, 6) is 0.221. The van der Waals surface area contributed by atoms with E-state index in [1.54, 1.807) is 19.2 Å². The maximum Gasteiger partial charge on any atom is 0.255 e. The molecule has 2 aromatic heterocycles. The molecule has 3 N–H and O–H groups in total. The number of carbonyl (C=O) groups is 1. The van der Waals surface area contributed by atoms with Crippen molar-refractivity contribution in [2.24, 2.45) is 0 Å². The molecule has 1 aliphatic heterocycles. The van der Waals surface area contributed by atoms with Gasteiger partial charge in [-0.15, -0.1) is 0 Å². The average molecular weight is 515 g/mol. The van der Waals surface area contributed by atoms with E-state index in [-0.39, 0.29) is 17.4 Å². The van der Waals surface area contributed by atoms with Gasteiger partial charge in [-0.1, -0.05) is 0 Å². The van der Waals surface area contributed by atoms with Crippen LogP contribution < -0.4 is 20.3 Å². The molecule has 38 heavy (non-hydrogen) atoms. The molecule has 1 aliphatic carbocycles. The van der Waals surface area contributed by atoms with Crippen molar-refractivity contribution in [1.29, 1.82) is 5.26 Å². The van der Waals surface area contributed by atoms with Gasteiger partial charge in [-0.3, -0.25) is 14.8 Å². The molecular weight excluding hydrogens is 480 g/mol. The lowest BCUT2D eigenvalue weighted by Crippen LogP contribution is -2.33. The van der Waals surface area contributed by atoms with Gasteiger partial charge >= 0.3 is 0 Å². The minimum atomic E-state index is -0.583. The zero-order valence-corrected chi connectivity index (χ0v) is 22.3. The summed E-state index contributed by atoms with van der Waals surface area (Å²) < 4.78 is 5.24. The molecule has 3 aromatic rings. The van der Waals surface area contributed by atoms with Crippen molar-refractivity contribution in [2.75, 3.05) is 31.6 Å². The summed E-state index contributed by atoms with van der Waals surface area (Å²) in [6.07, 6.45) is 4.84. The van der Waals surface area contributed by atoms with Crippen LogP contribution >= 0.6 is 0 Å². The van der Waals surface area contributed by atoms with Crippen LogP contribution in [0.5, 0.6) is 11.5 Å². The second-order valence-electron chi connectivity index (χ2n) is 10.4. The fourth-order valence-electron chi connectivity index (χ4n) is 5.25. The minimum Gasteiger partial charge on any atom is -0.504 e. The van der Waals surface area contributed by atoms with Crippen molar-refractivity contribution in [1.82, 2.24) is 20.6 Å². The number of methoxy groups -OCH3 is 1. The summed E-state index contributed by atoms with van der Waals surface area (Å²) in [7, 11) is 1.43. The number of aromatic nitrogens is 2. The highest BCUT2D eigenvalue weighted by Crippen LogP contribution is 2.44. The van der Waals surface area contributed by atoms with Crippen molar-refractivity contribution in [3.63, 3.8) is 0 Å². The van der Waals surface area contributed by atoms with Crippen molar-refractivity contribution >= 4 is 22.5 Å². The van der Waals surface area contributed by atoms with Crippen LogP contribution in [0.25, 0.3) is 10.9 Å². The zero-order chi connectivity index (χ0) is 27.0. The number of anilines is 1. The standard InChI is InChI=1S/C29H34N6O3/c1-16-7-9-35(10-8-31-16)27-22-11-17(2)33-25(20-5-6-20)26(22)32-15-23(27)29(37)34-18(3)21-12-19(14-30)13-24(38-4)28(21)36/h11-13,15-16,18,20,31,36H,5-10H2,1-4H3,(H,34,37)/t16-,18-/m0/s1. The number of phenolic OH excluding ortho intramolecular Hbond substituents is 1. The van der Waals surface area contributed by atoms with Crippen LogP contribution in [-0.2, 0) is 0 Å². The molecule has 198 valence electrons. The molecule has 3 heterocycles. The number of aryl methyl sites for hydroxylation is 1. The maximum absolute atomic E-state index is 13.8. The number of nitrogens with one attached hydrogen (secondary N) is 2. The first-order valence-electron chi connectivity index (χ1n) is 13.2. The first-order valence-corrected chi connectivity index (χ1v) is 13.2. The number of nitrogens with zero attached hydrogens (tertiary/aromatic N) is 4. The van der Waals surface area contributed by atoms with Gasteiger partial charge in [-0.25, -0.2) is 0 Å². The van der Waals surface area contributed by atoms with Gasteiger partial charge in [0, 0.05) is 60.5 Å². The fourth-order valence-corrected chi connectivity index (χ4v) is 5.25. The fraction of sp³-hybridized carbons (Fsp3) is 0.448. The Bertz CT molecular complexity index is 1430. The Morgan fingerprint density at radius 2 is 2.08 bits per heavy atom. The highest BCUT2D eigenvalue weighted by molar-refractivity contribution is 6.08. The molecule has 5 rings (SSSR count). The van der Waals surface area contributed by atoms with E-state index in [0.717, 1.165) is 66.9 Å². The number of aromatic hydroxyl groups is 1. The lowest BCUT2D eigenvalue weighted by molar-refractivity contribution is 0.0939. The molecule has 9 heteroatoms. The molecule has 0 unspecified atom stereocenters. The lowest BCUT2D eigenvalue weighted by Gasteiger charge is -2.27. The summed E-state index contributed by atoms with van der Waals surface area (Å²) in [4.78, 5) is 25.7. The summed E-state index contributed by atoms with van der Waals surface area (Å²) in [6.45, 7) is 8.34. The van der Waals surface area contributed by atoms with Gasteiger partial charge < -0.3 is 25.4 Å². The van der Waals surface area contributed by atoms with Crippen LogP contribution in [0.4, 0.5) is 5.69 Å². The van der Waals surface area contributed by atoms with E-state index in [9.17, 15) is 15.2 Å². The molecule has 0 spiro atoms. The SMILES string of the molecule is COc1cc(C#N)cc([C@H](C)NC(=O)c2cnc3c(C4CC4)nc(C)cc3c2N2CCN[C@@H](C)CC2)c1O. The third-order valence-electron chi connectivity index (χ3n) is 7.48. The molecule has 1 saturated carbocycles. The van der Waals surface area contributed by atoms with Crippen LogP contribution in [0.2, 0.25) is 0 Å². The quantitative estimate of drug-likeness (QED) is 0.450. The Balaban J connectivity index is 1.58. The summed E-state index contributed by atoms with van der Waals surface area (Å²) >= 11 is 0. The molecule has 1 amide bonds. The second-order valence-corrected chi connectivity index (χ2v) is 10.4. The highest BCUT2D eigenvalue weighted by Gasteiger charge is 2.31. The van der Waals surface area contributed by atoms with Gasteiger partial charge in [0.2, 0.25) is 0 Å². The van der Waals surface area contributed by atoms with Crippen molar-refractivity contribution in [2.45, 2.75) is 58.0 Å². The first-order chi connectivity index (χ1) is 18.3. The minimum absolute atomic E-state index is 0.0977. The van der Waals surface area contributed by atoms with Crippen LogP contribution in [0.1, 0.15) is 77.9 Å². The Morgan fingerprint density at radius 3 is 2.79 bits per heavy atom. The number of hydrogen-bond donors (Lipinski definition) is 3. The van der Waals surface area contributed by atoms with Crippen molar-refractivity contribution < 1.29 is 14.6 Å². The first kappa shape index (κ1) is 25.7. The predicted molar refractivity (Wildman–Crippen MR) is 146 cm³/mol. The Morgan fingerprint density at radius 1 is 1.29 bits per heavy atom. The van der Waals surface area contributed by atoms with Crippen molar-refractivity contribution in [3.8, 4) is 17.6 Å². The van der Waals surface area contributed by atoms with E-state index in [0.29, 0.717) is 28.7 Å². The van der Waals surface area contributed by atoms with Gasteiger partial charge in [-0.2, -0.15) is 5.26 Å². The number of fused-ring (bicyclic) bond motifs is 1. The second kappa shape index (κ2) is 10.5. The van der Waals surface area contributed by atoms with Gasteiger partial charge in [0.15, 0.2) is 11.5 Å². The monoisotopic (exact) mass is 514 g/mol. The maximum atomic E-state index is 13.8. The summed E-state index contributed by atoms with van der Waals surface area (Å²) in [5, 5.41) is 27.7. The summed E-state index contributed by atoms with van der Waals surface area (Å²) in [5.41, 5.74) is 4.91. The number of pyridine rings is 2. The summed E-state index contributed by atoms with van der Waals surface area (Å²) in [6, 6.07) is 6.97. The van der Waals surface area contributed by atoms with E-state index >= 15 is 0 Å². The lowest BCUT2D eigenvalue weighted by atomic mass is 10.0. The molecule has 0 radical (unpaired) electrons. The third kappa shape index (κ3) is 4.96. The molecule has 2 aliphatic rings. The molecule has 1 aromatic carbocycles. The molecule has 2 atom stereocenters. The van der Waals surface area contributed by atoms with Crippen LogP contribution in [0.3, 0.4) is 0 Å². The Labute approximate surface area is 222 Å². The van der Waals surface area contributed by atoms with E-state index in [1.165, 1.54) is 13.2 Å². The van der Waals surface area contributed by atoms with E-state index < -0.39 is 6.04 Å². The average Bonchev–Trinajstić information content (AvgIpc) is 3.76. The van der Waals surface area contributed by atoms with Gasteiger partial charge in [0.25, 0.3) is 5.91 Å². The number of phenols is 1. The predicted octanol–water partition coefficient (Wildman–Crippen LogP) is 4.08. The molecule has 9 nitrogen and oxygen atoms in total. The number of ether oxygens (including phenoxy) is 1. The Kier molecular flexibility index (Phi) is 7.09. The van der Waals surface area contributed by atoms with Crippen molar-refractivity contribution in [3.05, 3.63) is 52.5 Å². The number of amides is 1. The van der Waals surface area contributed by atoms with Gasteiger partial charge in [-0.05, 0) is 52.2 Å². The number of benzene rings is 1. The molecule has 2 fully saturated rings. The molecule has 1 saturated heterocycles.